The quantitative estimate of drug-likeness (QED) is 0.301. The number of aliphatic carboxylic acids is 1. The van der Waals surface area contributed by atoms with Crippen LogP contribution in [0.5, 0.6) is 5.75 Å². The minimum Gasteiger partial charge on any atom is -0.497 e. The Labute approximate surface area is 206 Å². The number of ketones is 1. The first-order valence-corrected chi connectivity index (χ1v) is 13.0. The van der Waals surface area contributed by atoms with E-state index < -0.39 is 11.9 Å². The zero-order valence-corrected chi connectivity index (χ0v) is 20.5. The molecule has 1 aliphatic rings. The predicted molar refractivity (Wildman–Crippen MR) is 133 cm³/mol. The summed E-state index contributed by atoms with van der Waals surface area (Å²) >= 11 is 2.72. The molecule has 2 atom stereocenters. The second kappa shape index (κ2) is 11.3. The molecule has 1 saturated heterocycles. The highest BCUT2D eigenvalue weighted by atomic mass is 32.2. The molecule has 0 spiro atoms. The number of likely N-dealkylation sites (tertiary alicyclic amines) is 1. The van der Waals surface area contributed by atoms with Gasteiger partial charge in [-0.3, -0.25) is 14.6 Å². The van der Waals surface area contributed by atoms with Crippen molar-refractivity contribution in [3.63, 3.8) is 0 Å². The zero-order chi connectivity index (χ0) is 24.1. The summed E-state index contributed by atoms with van der Waals surface area (Å²) in [5.74, 6) is 0.0873. The van der Waals surface area contributed by atoms with Crippen molar-refractivity contribution in [2.75, 3.05) is 32.5 Å². The third kappa shape index (κ3) is 5.95. The Bertz CT molecular complexity index is 1170. The van der Waals surface area contributed by atoms with Crippen molar-refractivity contribution in [3.05, 3.63) is 53.3 Å². The number of carbonyl (C=O) groups is 2. The van der Waals surface area contributed by atoms with Crippen LogP contribution in [0.15, 0.2) is 46.8 Å². The topological polar surface area (TPSA) is 79.7 Å². The summed E-state index contributed by atoms with van der Waals surface area (Å²) in [6.07, 6.45) is 3.21. The van der Waals surface area contributed by atoms with Crippen LogP contribution >= 0.6 is 23.1 Å². The molecule has 34 heavy (non-hydrogen) atoms. The van der Waals surface area contributed by atoms with E-state index in [4.69, 9.17) is 4.74 Å². The molecule has 1 fully saturated rings. The molecule has 3 heterocycles. The fourth-order valence-electron chi connectivity index (χ4n) is 4.49. The van der Waals surface area contributed by atoms with Crippen molar-refractivity contribution < 1.29 is 23.8 Å². The SMILES string of the molecule is COc1ccc2nccc(C(=O)CC[C@H]3CCN(CCSc4ccc(F)s4)C[C@H]3C(=O)O)c2c1. The van der Waals surface area contributed by atoms with E-state index in [1.807, 2.05) is 18.2 Å². The maximum atomic E-state index is 13.1. The molecule has 0 saturated carbocycles. The van der Waals surface area contributed by atoms with Crippen LogP contribution in [0.25, 0.3) is 10.9 Å². The van der Waals surface area contributed by atoms with Gasteiger partial charge in [0.05, 0.1) is 22.8 Å². The highest BCUT2D eigenvalue weighted by molar-refractivity contribution is 8.01. The Morgan fingerprint density at radius 1 is 1.29 bits per heavy atom. The van der Waals surface area contributed by atoms with E-state index in [-0.39, 0.29) is 16.8 Å². The summed E-state index contributed by atoms with van der Waals surface area (Å²) in [6.45, 7) is 2.03. The second-order valence-corrected chi connectivity index (χ2v) is 10.8. The van der Waals surface area contributed by atoms with Gasteiger partial charge < -0.3 is 14.7 Å². The number of piperidine rings is 1. The van der Waals surface area contributed by atoms with Crippen LogP contribution in [0.4, 0.5) is 4.39 Å². The second-order valence-electron chi connectivity index (χ2n) is 8.40. The van der Waals surface area contributed by atoms with Gasteiger partial charge in [0.1, 0.15) is 5.75 Å². The number of fused-ring (bicyclic) bond motifs is 1. The van der Waals surface area contributed by atoms with Crippen molar-refractivity contribution in [1.82, 2.24) is 9.88 Å². The van der Waals surface area contributed by atoms with E-state index in [1.165, 1.54) is 6.07 Å². The molecule has 0 aliphatic carbocycles. The number of thioether (sulfide) groups is 1. The number of carboxylic acids is 1. The van der Waals surface area contributed by atoms with Gasteiger partial charge in [-0.1, -0.05) is 11.3 Å². The van der Waals surface area contributed by atoms with E-state index in [0.29, 0.717) is 30.7 Å². The third-order valence-electron chi connectivity index (χ3n) is 6.35. The Hall–Kier alpha value is -2.49. The smallest absolute Gasteiger partial charge is 0.308 e. The van der Waals surface area contributed by atoms with Crippen molar-refractivity contribution in [3.8, 4) is 5.75 Å². The van der Waals surface area contributed by atoms with Crippen LogP contribution in [0.2, 0.25) is 0 Å². The Balaban J connectivity index is 1.34. The Morgan fingerprint density at radius 2 is 2.15 bits per heavy atom. The summed E-state index contributed by atoms with van der Waals surface area (Å²) in [5, 5.41) is 10.4. The van der Waals surface area contributed by atoms with Gasteiger partial charge in [-0.05, 0) is 61.7 Å². The number of halogens is 1. The van der Waals surface area contributed by atoms with Crippen LogP contribution in [0, 0.1) is 17.0 Å². The molecule has 6 nitrogen and oxygen atoms in total. The van der Waals surface area contributed by atoms with E-state index in [9.17, 15) is 19.1 Å². The van der Waals surface area contributed by atoms with E-state index in [1.54, 1.807) is 37.2 Å². The maximum absolute atomic E-state index is 13.1. The summed E-state index contributed by atoms with van der Waals surface area (Å²) in [6, 6.07) is 10.4. The molecule has 0 unspecified atom stereocenters. The first kappa shape index (κ1) is 24.6. The van der Waals surface area contributed by atoms with Gasteiger partial charge in [-0.25, -0.2) is 0 Å². The average molecular weight is 503 g/mol. The summed E-state index contributed by atoms with van der Waals surface area (Å²) in [5.41, 5.74) is 1.32. The number of ether oxygens (including phenoxy) is 1. The van der Waals surface area contributed by atoms with Gasteiger partial charge >= 0.3 is 5.97 Å². The number of carbonyl (C=O) groups excluding carboxylic acids is 1. The highest BCUT2D eigenvalue weighted by Crippen LogP contribution is 2.31. The lowest BCUT2D eigenvalue weighted by Crippen LogP contribution is -2.44. The highest BCUT2D eigenvalue weighted by Gasteiger charge is 2.34. The molecule has 9 heteroatoms. The molecule has 1 aliphatic heterocycles. The largest absolute Gasteiger partial charge is 0.497 e. The van der Waals surface area contributed by atoms with Gasteiger partial charge in [-0.2, -0.15) is 4.39 Å². The van der Waals surface area contributed by atoms with Gasteiger partial charge in [0.2, 0.25) is 0 Å². The molecule has 3 aromatic rings. The van der Waals surface area contributed by atoms with E-state index >= 15 is 0 Å². The lowest BCUT2D eigenvalue weighted by Gasteiger charge is -2.36. The summed E-state index contributed by atoms with van der Waals surface area (Å²) in [7, 11) is 1.58. The average Bonchev–Trinajstić information content (AvgIpc) is 3.26. The molecule has 0 bridgehead atoms. The van der Waals surface area contributed by atoms with E-state index in [0.717, 1.165) is 51.7 Å². The molecular weight excluding hydrogens is 475 g/mol. The molecule has 0 amide bonds. The van der Waals surface area contributed by atoms with Gasteiger partial charge in [-0.15, -0.1) is 11.8 Å². The Kier molecular flexibility index (Phi) is 8.18. The number of benzene rings is 1. The normalized spacial score (nSPS) is 18.8. The van der Waals surface area contributed by atoms with Crippen molar-refractivity contribution in [1.29, 1.82) is 0 Å². The number of aromatic nitrogens is 1. The number of pyridine rings is 1. The number of thiophene rings is 1. The minimum atomic E-state index is -0.811. The van der Waals surface area contributed by atoms with Crippen LogP contribution in [0.3, 0.4) is 0 Å². The standard InChI is InChI=1S/C25H27FN2O4S2/c1-32-17-3-4-21-19(14-17)18(8-10-27-21)22(29)5-2-16-9-11-28(15-20(16)25(30)31)12-13-33-24-7-6-23(26)34-24/h3-4,6-8,10,14,16,20H,2,5,9,11-13,15H2,1H3,(H,30,31)/t16-,20+/m0/s1. The molecule has 1 N–H and O–H groups in total. The first-order chi connectivity index (χ1) is 16.4. The molecule has 180 valence electrons. The predicted octanol–water partition coefficient (Wildman–Crippen LogP) is 5.22. The number of hydrogen-bond acceptors (Lipinski definition) is 7. The monoisotopic (exact) mass is 502 g/mol. The number of carboxylic acid groups (broad SMARTS) is 1. The molecule has 2 aromatic heterocycles. The first-order valence-electron chi connectivity index (χ1n) is 11.2. The van der Waals surface area contributed by atoms with Crippen LogP contribution in [-0.4, -0.2) is 59.2 Å². The number of nitrogens with zero attached hydrogens (tertiary/aromatic N) is 2. The number of methoxy groups -OCH3 is 1. The van der Waals surface area contributed by atoms with Crippen molar-refractivity contribution in [2.45, 2.75) is 23.5 Å². The maximum Gasteiger partial charge on any atom is 0.308 e. The van der Waals surface area contributed by atoms with Crippen molar-refractivity contribution in [2.24, 2.45) is 11.8 Å². The summed E-state index contributed by atoms with van der Waals surface area (Å²) < 4.78 is 19.4. The lowest BCUT2D eigenvalue weighted by atomic mass is 9.81. The van der Waals surface area contributed by atoms with Gasteiger partial charge in [0, 0.05) is 42.4 Å². The van der Waals surface area contributed by atoms with Crippen LogP contribution in [-0.2, 0) is 4.79 Å². The lowest BCUT2D eigenvalue weighted by molar-refractivity contribution is -0.146. The number of hydrogen-bond donors (Lipinski definition) is 1. The number of Topliss-reactive ketones (excluding diaryl/α,β-unsaturated/α-hetero) is 1. The van der Waals surface area contributed by atoms with Gasteiger partial charge in [0.15, 0.2) is 10.9 Å². The third-order valence-corrected chi connectivity index (χ3v) is 8.43. The fraction of sp³-hybridized carbons (Fsp3) is 0.400. The van der Waals surface area contributed by atoms with Crippen LogP contribution in [0.1, 0.15) is 29.6 Å². The van der Waals surface area contributed by atoms with Crippen LogP contribution < -0.4 is 4.74 Å². The zero-order valence-electron chi connectivity index (χ0n) is 18.9. The summed E-state index contributed by atoms with van der Waals surface area (Å²) in [4.78, 5) is 31.5. The molecule has 4 rings (SSSR count). The molecule has 0 radical (unpaired) electrons. The van der Waals surface area contributed by atoms with Gasteiger partial charge in [0.25, 0.3) is 0 Å². The molecule has 1 aromatic carbocycles. The molecular formula is C25H27FN2O4S2. The number of rotatable bonds is 10. The van der Waals surface area contributed by atoms with Crippen molar-refractivity contribution >= 4 is 45.8 Å². The fourth-order valence-corrected chi connectivity index (χ4v) is 6.40. The minimum absolute atomic E-state index is 0.00759. The van der Waals surface area contributed by atoms with E-state index in [2.05, 4.69) is 9.88 Å². The Morgan fingerprint density at radius 3 is 2.88 bits per heavy atom.